The van der Waals surface area contributed by atoms with Crippen LogP contribution in [0, 0.1) is 0 Å². The summed E-state index contributed by atoms with van der Waals surface area (Å²) in [7, 11) is 0. The van der Waals surface area contributed by atoms with Gasteiger partial charge in [-0.1, -0.05) is 45.4 Å². The highest BCUT2D eigenvalue weighted by atomic mass is 79.9. The lowest BCUT2D eigenvalue weighted by atomic mass is 9.85. The quantitative estimate of drug-likeness (QED) is 0.542. The van der Waals surface area contributed by atoms with Crippen LogP contribution in [0.15, 0.2) is 52.1 Å². The SMILES string of the molecule is C[C@H](N)c1ccc(C2=NOC(c3cc(Br)cc(C(F)(F)F)c3)(C(F)(F)F)C2)cc1. The summed E-state index contributed by atoms with van der Waals surface area (Å²) < 4.78 is 81.2. The van der Waals surface area contributed by atoms with Crippen LogP contribution in [0.1, 0.15) is 41.6 Å². The summed E-state index contributed by atoms with van der Waals surface area (Å²) in [4.78, 5) is 4.81. The maximum Gasteiger partial charge on any atom is 0.435 e. The predicted molar refractivity (Wildman–Crippen MR) is 98.2 cm³/mol. The second kappa shape index (κ2) is 7.32. The Balaban J connectivity index is 2.03. The predicted octanol–water partition coefficient (Wildman–Crippen LogP) is 6.07. The highest BCUT2D eigenvalue weighted by Gasteiger charge is 2.62. The van der Waals surface area contributed by atoms with Crippen LogP contribution in [0.2, 0.25) is 0 Å². The number of benzene rings is 2. The Hall–Kier alpha value is -2.07. The largest absolute Gasteiger partial charge is 0.435 e. The fraction of sp³-hybridized carbons (Fsp3) is 0.316. The number of nitrogens with two attached hydrogens (primary N) is 1. The first-order valence-electron chi connectivity index (χ1n) is 8.39. The molecule has 3 rings (SSSR count). The van der Waals surface area contributed by atoms with Gasteiger partial charge in [-0.3, -0.25) is 0 Å². The molecule has 0 aromatic heterocycles. The summed E-state index contributed by atoms with van der Waals surface area (Å²) in [6.07, 6.45) is -10.6. The minimum absolute atomic E-state index is 0.0212. The molecule has 2 aromatic carbocycles. The average molecular weight is 481 g/mol. The van der Waals surface area contributed by atoms with Gasteiger partial charge in [0.05, 0.1) is 11.3 Å². The van der Waals surface area contributed by atoms with E-state index in [1.54, 1.807) is 31.2 Å². The summed E-state index contributed by atoms with van der Waals surface area (Å²) in [5, 5.41) is 3.57. The molecule has 1 aliphatic rings. The average Bonchev–Trinajstić information content (AvgIpc) is 3.07. The van der Waals surface area contributed by atoms with Crippen molar-refractivity contribution in [3.63, 3.8) is 0 Å². The Morgan fingerprint density at radius 2 is 1.69 bits per heavy atom. The molecular formula is C19H15BrF6N2O. The number of rotatable bonds is 3. The van der Waals surface area contributed by atoms with E-state index in [1.165, 1.54) is 0 Å². The van der Waals surface area contributed by atoms with Crippen LogP contribution in [0.3, 0.4) is 0 Å². The van der Waals surface area contributed by atoms with Gasteiger partial charge in [-0.25, -0.2) is 0 Å². The highest BCUT2D eigenvalue weighted by molar-refractivity contribution is 9.10. The molecule has 0 aliphatic carbocycles. The monoisotopic (exact) mass is 480 g/mol. The van der Waals surface area contributed by atoms with Gasteiger partial charge in [0.25, 0.3) is 5.60 Å². The van der Waals surface area contributed by atoms with E-state index in [4.69, 9.17) is 10.6 Å². The van der Waals surface area contributed by atoms with Gasteiger partial charge >= 0.3 is 12.4 Å². The van der Waals surface area contributed by atoms with E-state index in [2.05, 4.69) is 21.1 Å². The number of hydrogen-bond donors (Lipinski definition) is 1. The number of nitrogens with zero attached hydrogens (tertiary/aromatic N) is 1. The van der Waals surface area contributed by atoms with E-state index in [9.17, 15) is 26.3 Å². The molecule has 0 fully saturated rings. The maximum atomic E-state index is 14.0. The fourth-order valence-corrected chi connectivity index (χ4v) is 3.52. The second-order valence-electron chi connectivity index (χ2n) is 6.77. The Bertz CT molecular complexity index is 937. The lowest BCUT2D eigenvalue weighted by Crippen LogP contribution is -2.43. The summed E-state index contributed by atoms with van der Waals surface area (Å²) in [6.45, 7) is 1.76. The first-order valence-corrected chi connectivity index (χ1v) is 9.19. The highest BCUT2D eigenvalue weighted by Crippen LogP contribution is 2.50. The molecule has 0 bridgehead atoms. The minimum Gasteiger partial charge on any atom is -0.374 e. The van der Waals surface area contributed by atoms with E-state index in [0.717, 1.165) is 11.6 Å². The molecule has 3 nitrogen and oxygen atoms in total. The number of halogens is 7. The Morgan fingerprint density at radius 3 is 2.21 bits per heavy atom. The molecule has 1 aliphatic heterocycles. The number of hydrogen-bond acceptors (Lipinski definition) is 3. The smallest absolute Gasteiger partial charge is 0.374 e. The minimum atomic E-state index is -5.01. The zero-order valence-corrected chi connectivity index (χ0v) is 16.5. The van der Waals surface area contributed by atoms with Crippen molar-refractivity contribution in [3.8, 4) is 0 Å². The summed E-state index contributed by atoms with van der Waals surface area (Å²) >= 11 is 2.85. The van der Waals surface area contributed by atoms with E-state index in [-0.39, 0.29) is 16.2 Å². The Labute approximate surface area is 170 Å². The van der Waals surface area contributed by atoms with Crippen molar-refractivity contribution in [3.05, 3.63) is 69.2 Å². The van der Waals surface area contributed by atoms with E-state index in [0.29, 0.717) is 17.7 Å². The van der Waals surface area contributed by atoms with E-state index < -0.39 is 35.5 Å². The molecule has 2 aromatic rings. The number of oxime groups is 1. The van der Waals surface area contributed by atoms with Gasteiger partial charge in [0.15, 0.2) is 0 Å². The zero-order chi connectivity index (χ0) is 21.6. The first kappa shape index (κ1) is 21.6. The van der Waals surface area contributed by atoms with Gasteiger partial charge < -0.3 is 10.6 Å². The van der Waals surface area contributed by atoms with Crippen molar-refractivity contribution in [2.45, 2.75) is 37.3 Å². The van der Waals surface area contributed by atoms with Gasteiger partial charge in [-0.15, -0.1) is 0 Å². The molecule has 1 unspecified atom stereocenters. The van der Waals surface area contributed by atoms with Crippen molar-refractivity contribution < 1.29 is 31.2 Å². The molecule has 10 heteroatoms. The third kappa shape index (κ3) is 4.13. The van der Waals surface area contributed by atoms with Crippen molar-refractivity contribution in [1.82, 2.24) is 0 Å². The summed E-state index contributed by atoms with van der Waals surface area (Å²) in [6, 6.07) is 8.24. The van der Waals surface area contributed by atoms with Crippen molar-refractivity contribution >= 4 is 21.6 Å². The maximum absolute atomic E-state index is 14.0. The van der Waals surface area contributed by atoms with Crippen molar-refractivity contribution in [2.24, 2.45) is 10.9 Å². The van der Waals surface area contributed by atoms with Crippen LogP contribution in [-0.2, 0) is 16.6 Å². The fourth-order valence-electron chi connectivity index (χ4n) is 3.02. The lowest BCUT2D eigenvalue weighted by molar-refractivity contribution is -0.276. The van der Waals surface area contributed by atoms with Crippen LogP contribution in [0.5, 0.6) is 0 Å². The zero-order valence-electron chi connectivity index (χ0n) is 14.9. The van der Waals surface area contributed by atoms with E-state index >= 15 is 0 Å². The van der Waals surface area contributed by atoms with E-state index in [1.807, 2.05) is 0 Å². The molecule has 0 amide bonds. The standard InChI is InChI=1S/C19H15BrF6N2O/c1-10(27)11-2-4-12(5-3-11)16-9-17(29-28-16,19(24,25)26)13-6-14(18(21,22)23)8-15(20)7-13/h2-8,10H,9,27H2,1H3/t10-,17?/m0/s1. The summed E-state index contributed by atoms with van der Waals surface area (Å²) in [5.74, 6) is 0. The van der Waals surface area contributed by atoms with Crippen molar-refractivity contribution in [2.75, 3.05) is 0 Å². The molecule has 0 radical (unpaired) electrons. The van der Waals surface area contributed by atoms with Crippen LogP contribution >= 0.6 is 15.9 Å². The topological polar surface area (TPSA) is 47.6 Å². The first-order chi connectivity index (χ1) is 13.3. The molecule has 156 valence electrons. The molecule has 0 saturated carbocycles. The third-order valence-corrected chi connectivity index (χ3v) is 5.10. The molecule has 0 spiro atoms. The van der Waals surface area contributed by atoms with Gasteiger partial charge in [0.2, 0.25) is 0 Å². The van der Waals surface area contributed by atoms with Crippen LogP contribution < -0.4 is 5.73 Å². The van der Waals surface area contributed by atoms with Gasteiger partial charge in [0.1, 0.15) is 0 Å². The Kier molecular flexibility index (Phi) is 5.46. The molecule has 2 N–H and O–H groups in total. The lowest BCUT2D eigenvalue weighted by Gasteiger charge is -2.30. The molecule has 29 heavy (non-hydrogen) atoms. The Morgan fingerprint density at radius 1 is 1.07 bits per heavy atom. The second-order valence-corrected chi connectivity index (χ2v) is 7.68. The van der Waals surface area contributed by atoms with Crippen LogP contribution in [-0.4, -0.2) is 11.9 Å². The van der Waals surface area contributed by atoms with Gasteiger partial charge in [0, 0.05) is 22.5 Å². The molecule has 1 heterocycles. The molecular weight excluding hydrogens is 466 g/mol. The van der Waals surface area contributed by atoms with Crippen molar-refractivity contribution in [1.29, 1.82) is 0 Å². The molecule has 0 saturated heterocycles. The van der Waals surface area contributed by atoms with Crippen LogP contribution in [0.25, 0.3) is 0 Å². The van der Waals surface area contributed by atoms with Gasteiger partial charge in [-0.2, -0.15) is 26.3 Å². The number of alkyl halides is 6. The van der Waals surface area contributed by atoms with Gasteiger partial charge in [-0.05, 0) is 36.2 Å². The normalized spacial score (nSPS) is 20.9. The van der Waals surface area contributed by atoms with Crippen LogP contribution in [0.4, 0.5) is 26.3 Å². The third-order valence-electron chi connectivity index (χ3n) is 4.65. The summed E-state index contributed by atoms with van der Waals surface area (Å²) in [5.41, 5.74) is 1.95. The molecule has 2 atom stereocenters.